The topological polar surface area (TPSA) is 71.1 Å². The molecule has 0 N–H and O–H groups in total. The van der Waals surface area contributed by atoms with Crippen LogP contribution in [0.3, 0.4) is 0 Å². The molecule has 0 amide bonds. The van der Waals surface area contributed by atoms with E-state index in [0.29, 0.717) is 39.1 Å². The molecule has 6 nitrogen and oxygen atoms in total. The van der Waals surface area contributed by atoms with E-state index in [-0.39, 0.29) is 47.8 Å². The van der Waals surface area contributed by atoms with E-state index < -0.39 is 5.41 Å². The van der Waals surface area contributed by atoms with E-state index in [1.54, 1.807) is 14.0 Å². The Kier molecular flexibility index (Phi) is 10.7. The fourth-order valence-electron chi connectivity index (χ4n) is 7.31. The average molecular weight is 551 g/mol. The van der Waals surface area contributed by atoms with Crippen molar-refractivity contribution >= 4 is 11.6 Å². The van der Waals surface area contributed by atoms with Crippen LogP contribution in [-0.2, 0) is 41.8 Å². The first-order chi connectivity index (χ1) is 19.3. The summed E-state index contributed by atoms with van der Waals surface area (Å²) < 4.78 is 24.6. The number of hydrogen-bond donors (Lipinski definition) is 0. The minimum Gasteiger partial charge on any atom is -0.377 e. The predicted octanol–water partition coefficient (Wildman–Crippen LogP) is 6.55. The lowest BCUT2D eigenvalue weighted by Gasteiger charge is -2.60. The van der Waals surface area contributed by atoms with Crippen molar-refractivity contribution in [3.8, 4) is 0 Å². The smallest absolute Gasteiger partial charge is 0.146 e. The largest absolute Gasteiger partial charge is 0.377 e. The molecule has 0 saturated heterocycles. The Morgan fingerprint density at radius 2 is 1.60 bits per heavy atom. The number of benzene rings is 2. The molecule has 0 bridgehead atoms. The van der Waals surface area contributed by atoms with Crippen molar-refractivity contribution in [1.82, 2.24) is 0 Å². The van der Waals surface area contributed by atoms with E-state index in [2.05, 4.69) is 38.1 Å². The molecule has 2 saturated carbocycles. The molecule has 0 aliphatic heterocycles. The number of rotatable bonds is 14. The molecule has 0 heterocycles. The monoisotopic (exact) mass is 550 g/mol. The molecule has 0 radical (unpaired) electrons. The predicted molar refractivity (Wildman–Crippen MR) is 154 cm³/mol. The Hall–Kier alpha value is -2.38. The number of ether oxygens (including phenoxy) is 4. The van der Waals surface area contributed by atoms with E-state index in [1.165, 1.54) is 0 Å². The van der Waals surface area contributed by atoms with Crippen LogP contribution in [0.2, 0.25) is 0 Å². The molecule has 6 atom stereocenters. The second-order valence-corrected chi connectivity index (χ2v) is 12.2. The third-order valence-electron chi connectivity index (χ3n) is 9.32. The first-order valence-electron chi connectivity index (χ1n) is 14.7. The zero-order chi connectivity index (χ0) is 28.6. The van der Waals surface area contributed by atoms with Gasteiger partial charge in [0.2, 0.25) is 0 Å². The normalized spacial score (nSPS) is 30.1. The number of fused-ring (bicyclic) bond motifs is 1. The highest BCUT2D eigenvalue weighted by Crippen LogP contribution is 2.60. The van der Waals surface area contributed by atoms with Crippen LogP contribution in [0.15, 0.2) is 60.7 Å². The Morgan fingerprint density at radius 1 is 0.950 bits per heavy atom. The summed E-state index contributed by atoms with van der Waals surface area (Å²) in [5, 5.41) is 0. The highest BCUT2D eigenvalue weighted by Gasteiger charge is 2.63. The van der Waals surface area contributed by atoms with E-state index >= 15 is 0 Å². The molecule has 218 valence electrons. The lowest BCUT2D eigenvalue weighted by Crippen LogP contribution is -2.63. The van der Waals surface area contributed by atoms with Crippen LogP contribution in [0, 0.1) is 22.7 Å². The summed E-state index contributed by atoms with van der Waals surface area (Å²) in [6.07, 6.45) is 3.63. The Morgan fingerprint density at radius 3 is 2.23 bits per heavy atom. The van der Waals surface area contributed by atoms with Crippen LogP contribution in [0.5, 0.6) is 0 Å². The third-order valence-corrected chi connectivity index (χ3v) is 9.32. The summed E-state index contributed by atoms with van der Waals surface area (Å²) in [7, 11) is 1.63. The molecule has 0 aromatic heterocycles. The molecule has 2 aliphatic rings. The zero-order valence-electron chi connectivity index (χ0n) is 24.6. The van der Waals surface area contributed by atoms with Crippen LogP contribution in [0.25, 0.3) is 0 Å². The molecular weight excluding hydrogens is 504 g/mol. The third kappa shape index (κ3) is 7.09. The van der Waals surface area contributed by atoms with E-state index in [4.69, 9.17) is 18.9 Å². The van der Waals surface area contributed by atoms with Gasteiger partial charge in [0.1, 0.15) is 18.4 Å². The fraction of sp³-hybridized carbons (Fsp3) is 0.588. The van der Waals surface area contributed by atoms with Crippen molar-refractivity contribution in [3.05, 3.63) is 71.8 Å². The van der Waals surface area contributed by atoms with Crippen molar-refractivity contribution in [1.29, 1.82) is 0 Å². The lowest BCUT2D eigenvalue weighted by molar-refractivity contribution is -0.221. The van der Waals surface area contributed by atoms with E-state index in [9.17, 15) is 9.59 Å². The van der Waals surface area contributed by atoms with Gasteiger partial charge >= 0.3 is 0 Å². The summed E-state index contributed by atoms with van der Waals surface area (Å²) in [5.41, 5.74) is 1.34. The number of hydrogen-bond acceptors (Lipinski definition) is 6. The van der Waals surface area contributed by atoms with Gasteiger partial charge in [-0.25, -0.2) is 0 Å². The molecule has 2 aliphatic carbocycles. The highest BCUT2D eigenvalue weighted by atomic mass is 16.7. The zero-order valence-corrected chi connectivity index (χ0v) is 24.6. The number of carbonyl (C=O) groups is 2. The van der Waals surface area contributed by atoms with Crippen LogP contribution in [0.4, 0.5) is 0 Å². The van der Waals surface area contributed by atoms with Crippen molar-refractivity contribution in [2.45, 2.75) is 84.7 Å². The minimum atomic E-state index is -0.571. The van der Waals surface area contributed by atoms with Gasteiger partial charge in [-0.2, -0.15) is 0 Å². The maximum atomic E-state index is 14.1. The molecule has 2 aromatic carbocycles. The van der Waals surface area contributed by atoms with Gasteiger partial charge in [0.25, 0.3) is 0 Å². The van der Waals surface area contributed by atoms with Gasteiger partial charge in [0, 0.05) is 42.8 Å². The fourth-order valence-corrected chi connectivity index (χ4v) is 7.31. The molecule has 4 rings (SSSR count). The lowest BCUT2D eigenvalue weighted by atomic mass is 9.46. The van der Waals surface area contributed by atoms with Crippen molar-refractivity contribution in [2.75, 3.05) is 20.5 Å². The molecule has 2 aromatic rings. The Bertz CT molecular complexity index is 1090. The number of Topliss-reactive ketones (excluding diaryl/α,β-unsaturated/α-hetero) is 2. The van der Waals surface area contributed by atoms with E-state index in [0.717, 1.165) is 30.4 Å². The van der Waals surface area contributed by atoms with Crippen molar-refractivity contribution in [2.24, 2.45) is 22.7 Å². The highest BCUT2D eigenvalue weighted by molar-refractivity contribution is 5.89. The second kappa shape index (κ2) is 14.0. The number of methoxy groups -OCH3 is 1. The average Bonchev–Trinajstić information content (AvgIpc) is 2.95. The van der Waals surface area contributed by atoms with Gasteiger partial charge in [-0.1, -0.05) is 74.5 Å². The van der Waals surface area contributed by atoms with Gasteiger partial charge in [-0.15, -0.1) is 0 Å². The van der Waals surface area contributed by atoms with Crippen molar-refractivity contribution < 1.29 is 28.5 Å². The summed E-state index contributed by atoms with van der Waals surface area (Å²) in [6.45, 7) is 7.78. The second-order valence-electron chi connectivity index (χ2n) is 12.2. The van der Waals surface area contributed by atoms with Crippen molar-refractivity contribution in [3.63, 3.8) is 0 Å². The Labute approximate surface area is 239 Å². The van der Waals surface area contributed by atoms with Crippen LogP contribution in [0.1, 0.15) is 70.4 Å². The van der Waals surface area contributed by atoms with Gasteiger partial charge < -0.3 is 23.7 Å². The summed E-state index contributed by atoms with van der Waals surface area (Å²) in [5.74, 6) is 0.139. The van der Waals surface area contributed by atoms with Crippen LogP contribution >= 0.6 is 0 Å². The SMILES string of the molecule is COCO[C@@H]1C[C@H](CCC(C)=O)C(=O)[C@]2(C)CC[C@@H](OCc3ccccc3)[C@@](C)(CCOCc3ccccc3)[C@@H]12. The van der Waals surface area contributed by atoms with Gasteiger partial charge in [-0.3, -0.25) is 4.79 Å². The molecule has 40 heavy (non-hydrogen) atoms. The van der Waals surface area contributed by atoms with E-state index in [1.807, 2.05) is 36.4 Å². The maximum absolute atomic E-state index is 14.1. The standard InChI is InChI=1S/C34H46O6/c1-25(35)15-16-28-21-29(40-24-37-4)31-33(2,19-20-38-22-26-11-7-5-8-12-26)30(17-18-34(31,3)32(28)36)39-23-27-13-9-6-10-14-27/h5-14,28-31H,15-24H2,1-4H3/t28-,29+,30+,31+,33+,34+/m0/s1. The maximum Gasteiger partial charge on any atom is 0.146 e. The van der Waals surface area contributed by atoms with Crippen LogP contribution in [-0.4, -0.2) is 44.3 Å². The first kappa shape index (κ1) is 30.6. The van der Waals surface area contributed by atoms with Crippen LogP contribution < -0.4 is 0 Å². The quantitative estimate of drug-likeness (QED) is 0.196. The summed E-state index contributed by atoms with van der Waals surface area (Å²) >= 11 is 0. The molecular formula is C34H46O6. The first-order valence-corrected chi connectivity index (χ1v) is 14.7. The molecule has 6 heteroatoms. The molecule has 0 spiro atoms. The molecule has 0 unspecified atom stereocenters. The number of ketones is 2. The summed E-state index contributed by atoms with van der Waals surface area (Å²) in [4.78, 5) is 25.9. The minimum absolute atomic E-state index is 0.0543. The van der Waals surface area contributed by atoms with Gasteiger partial charge in [-0.05, 0) is 50.2 Å². The van der Waals surface area contributed by atoms with Gasteiger partial charge in [0.05, 0.1) is 25.4 Å². The van der Waals surface area contributed by atoms with Gasteiger partial charge in [0.15, 0.2) is 0 Å². The molecule has 2 fully saturated rings. The summed E-state index contributed by atoms with van der Waals surface area (Å²) in [6, 6.07) is 20.4. The number of carbonyl (C=O) groups excluding carboxylic acids is 2. The Balaban J connectivity index is 1.60.